The van der Waals surface area contributed by atoms with Gasteiger partial charge in [0.2, 0.25) is 0 Å². The van der Waals surface area contributed by atoms with E-state index in [1.807, 2.05) is 14.0 Å². The van der Waals surface area contributed by atoms with Gasteiger partial charge in [0.25, 0.3) is 5.69 Å². The van der Waals surface area contributed by atoms with E-state index < -0.39 is 4.92 Å². The third-order valence-electron chi connectivity index (χ3n) is 2.23. The minimum atomic E-state index is -0.397. The molecule has 1 aromatic carbocycles. The summed E-state index contributed by atoms with van der Waals surface area (Å²) in [6, 6.07) is 4.76. The van der Waals surface area contributed by atoms with Crippen LogP contribution in [0.1, 0.15) is 5.69 Å². The summed E-state index contributed by atoms with van der Waals surface area (Å²) in [4.78, 5) is 10.1. The summed E-state index contributed by atoms with van der Waals surface area (Å²) in [5.74, 6) is 0. The molecule has 0 bridgehead atoms. The Balaban J connectivity index is 2.77. The molecule has 14 heavy (non-hydrogen) atoms. The topological polar surface area (TPSA) is 61.0 Å². The highest BCUT2D eigenvalue weighted by atomic mass is 16.6. The number of nitrogens with zero attached hydrogens (tertiary/aromatic N) is 3. The summed E-state index contributed by atoms with van der Waals surface area (Å²) >= 11 is 0. The molecule has 0 aliphatic carbocycles. The lowest BCUT2D eigenvalue weighted by atomic mass is 10.2. The standard InChI is InChI=1S/C9H9N3O2/c1-6-8-5-7(12(13)14)3-4-9(8)11(2)10-6/h3-5H,1-2H3. The van der Waals surface area contributed by atoms with Crippen LogP contribution >= 0.6 is 0 Å². The molecular formula is C9H9N3O2. The van der Waals surface area contributed by atoms with Crippen molar-refractivity contribution in [2.75, 3.05) is 0 Å². The molecule has 0 aliphatic heterocycles. The van der Waals surface area contributed by atoms with E-state index in [9.17, 15) is 10.1 Å². The van der Waals surface area contributed by atoms with Crippen LogP contribution in [0.2, 0.25) is 0 Å². The number of hydrogen-bond donors (Lipinski definition) is 0. The minimum Gasteiger partial charge on any atom is -0.268 e. The number of benzene rings is 1. The number of non-ortho nitro benzene ring substituents is 1. The van der Waals surface area contributed by atoms with Gasteiger partial charge in [-0.3, -0.25) is 14.8 Å². The van der Waals surface area contributed by atoms with Gasteiger partial charge in [-0.1, -0.05) is 0 Å². The number of aromatic nitrogens is 2. The number of nitro groups is 1. The molecule has 2 aromatic rings. The number of nitro benzene ring substituents is 1. The Bertz CT molecular complexity index is 516. The summed E-state index contributed by atoms with van der Waals surface area (Å²) in [6.45, 7) is 1.84. The first-order valence-electron chi connectivity index (χ1n) is 4.17. The van der Waals surface area contributed by atoms with Gasteiger partial charge in [-0.05, 0) is 13.0 Å². The third-order valence-corrected chi connectivity index (χ3v) is 2.23. The van der Waals surface area contributed by atoms with Gasteiger partial charge < -0.3 is 0 Å². The van der Waals surface area contributed by atoms with Gasteiger partial charge in [-0.15, -0.1) is 0 Å². The van der Waals surface area contributed by atoms with Gasteiger partial charge in [-0.25, -0.2) is 0 Å². The Morgan fingerprint density at radius 3 is 2.86 bits per heavy atom. The summed E-state index contributed by atoms with van der Waals surface area (Å²) in [5, 5.41) is 15.6. The highest BCUT2D eigenvalue weighted by Crippen LogP contribution is 2.22. The molecule has 0 aliphatic rings. The first-order chi connectivity index (χ1) is 6.59. The van der Waals surface area contributed by atoms with Crippen molar-refractivity contribution in [2.24, 2.45) is 7.05 Å². The number of rotatable bonds is 1. The SMILES string of the molecule is Cc1nn(C)c2ccc([N+](=O)[O-])cc12. The van der Waals surface area contributed by atoms with E-state index in [2.05, 4.69) is 5.10 Å². The Morgan fingerprint density at radius 2 is 2.21 bits per heavy atom. The monoisotopic (exact) mass is 191 g/mol. The Hall–Kier alpha value is -1.91. The predicted molar refractivity (Wildman–Crippen MR) is 52.1 cm³/mol. The molecule has 0 radical (unpaired) electrons. The van der Waals surface area contributed by atoms with Crippen molar-refractivity contribution in [1.29, 1.82) is 0 Å². The molecule has 0 unspecified atom stereocenters. The number of hydrogen-bond acceptors (Lipinski definition) is 3. The van der Waals surface area contributed by atoms with Crippen LogP contribution in [0.5, 0.6) is 0 Å². The molecule has 2 rings (SSSR count). The Kier molecular flexibility index (Phi) is 1.73. The molecule has 0 spiro atoms. The molecule has 0 fully saturated rings. The molecular weight excluding hydrogens is 182 g/mol. The maximum Gasteiger partial charge on any atom is 0.270 e. The quantitative estimate of drug-likeness (QED) is 0.510. The lowest BCUT2D eigenvalue weighted by Crippen LogP contribution is -1.90. The predicted octanol–water partition coefficient (Wildman–Crippen LogP) is 1.79. The van der Waals surface area contributed by atoms with E-state index in [1.54, 1.807) is 16.8 Å². The van der Waals surface area contributed by atoms with E-state index in [4.69, 9.17) is 0 Å². The van der Waals surface area contributed by atoms with Crippen LogP contribution in [0.4, 0.5) is 5.69 Å². The minimum absolute atomic E-state index is 0.105. The summed E-state index contributed by atoms with van der Waals surface area (Å²) < 4.78 is 1.72. The molecule has 72 valence electrons. The highest BCUT2D eigenvalue weighted by Gasteiger charge is 2.10. The number of aryl methyl sites for hydroxylation is 2. The average Bonchev–Trinajstić information content (AvgIpc) is 2.42. The van der Waals surface area contributed by atoms with Crippen molar-refractivity contribution in [3.8, 4) is 0 Å². The van der Waals surface area contributed by atoms with Gasteiger partial charge in [-0.2, -0.15) is 5.10 Å². The smallest absolute Gasteiger partial charge is 0.268 e. The van der Waals surface area contributed by atoms with E-state index in [0.29, 0.717) is 0 Å². The van der Waals surface area contributed by atoms with Crippen molar-refractivity contribution in [2.45, 2.75) is 6.92 Å². The van der Waals surface area contributed by atoms with Crippen molar-refractivity contribution >= 4 is 16.6 Å². The van der Waals surface area contributed by atoms with Gasteiger partial charge >= 0.3 is 0 Å². The third kappa shape index (κ3) is 1.14. The van der Waals surface area contributed by atoms with Crippen LogP contribution in [0.25, 0.3) is 10.9 Å². The van der Waals surface area contributed by atoms with Crippen molar-refractivity contribution in [3.63, 3.8) is 0 Å². The van der Waals surface area contributed by atoms with E-state index in [0.717, 1.165) is 16.6 Å². The van der Waals surface area contributed by atoms with Crippen LogP contribution in [0, 0.1) is 17.0 Å². The fraction of sp³-hybridized carbons (Fsp3) is 0.222. The first-order valence-corrected chi connectivity index (χ1v) is 4.17. The Morgan fingerprint density at radius 1 is 1.50 bits per heavy atom. The second-order valence-corrected chi connectivity index (χ2v) is 3.17. The van der Waals surface area contributed by atoms with Crippen LogP contribution in [-0.4, -0.2) is 14.7 Å². The molecule has 1 aromatic heterocycles. The lowest BCUT2D eigenvalue weighted by Gasteiger charge is -1.93. The lowest BCUT2D eigenvalue weighted by molar-refractivity contribution is -0.384. The van der Waals surface area contributed by atoms with E-state index in [1.165, 1.54) is 6.07 Å². The van der Waals surface area contributed by atoms with E-state index >= 15 is 0 Å². The molecule has 0 saturated heterocycles. The van der Waals surface area contributed by atoms with Crippen LogP contribution in [0.3, 0.4) is 0 Å². The van der Waals surface area contributed by atoms with Crippen molar-refractivity contribution in [3.05, 3.63) is 34.0 Å². The molecule has 1 heterocycles. The molecule has 0 N–H and O–H groups in total. The fourth-order valence-corrected chi connectivity index (χ4v) is 1.54. The molecule has 5 heteroatoms. The molecule has 0 saturated carbocycles. The van der Waals surface area contributed by atoms with Crippen LogP contribution in [0.15, 0.2) is 18.2 Å². The Labute approximate surface area is 80.1 Å². The normalized spacial score (nSPS) is 10.7. The molecule has 0 amide bonds. The van der Waals surface area contributed by atoms with Crippen LogP contribution < -0.4 is 0 Å². The summed E-state index contributed by atoms with van der Waals surface area (Å²) in [6.07, 6.45) is 0. The molecule has 0 atom stereocenters. The van der Waals surface area contributed by atoms with Gasteiger partial charge in [0.15, 0.2) is 0 Å². The second-order valence-electron chi connectivity index (χ2n) is 3.17. The maximum absolute atomic E-state index is 10.5. The zero-order chi connectivity index (χ0) is 10.3. The zero-order valence-corrected chi connectivity index (χ0v) is 7.89. The van der Waals surface area contributed by atoms with Crippen molar-refractivity contribution in [1.82, 2.24) is 9.78 Å². The largest absolute Gasteiger partial charge is 0.270 e. The van der Waals surface area contributed by atoms with Gasteiger partial charge in [0, 0.05) is 24.6 Å². The highest BCUT2D eigenvalue weighted by molar-refractivity contribution is 5.83. The second kappa shape index (κ2) is 2.80. The zero-order valence-electron chi connectivity index (χ0n) is 7.89. The fourth-order valence-electron chi connectivity index (χ4n) is 1.54. The van der Waals surface area contributed by atoms with Crippen LogP contribution in [-0.2, 0) is 7.05 Å². The average molecular weight is 191 g/mol. The molecule has 5 nitrogen and oxygen atoms in total. The van der Waals surface area contributed by atoms with E-state index in [-0.39, 0.29) is 5.69 Å². The summed E-state index contributed by atoms with van der Waals surface area (Å²) in [7, 11) is 1.82. The first kappa shape index (κ1) is 8.68. The van der Waals surface area contributed by atoms with Crippen molar-refractivity contribution < 1.29 is 4.92 Å². The number of fused-ring (bicyclic) bond motifs is 1. The summed E-state index contributed by atoms with van der Waals surface area (Å²) in [5.41, 5.74) is 1.83. The van der Waals surface area contributed by atoms with Gasteiger partial charge in [0.1, 0.15) is 0 Å². The maximum atomic E-state index is 10.5. The van der Waals surface area contributed by atoms with Gasteiger partial charge in [0.05, 0.1) is 16.1 Å².